The van der Waals surface area contributed by atoms with Gasteiger partial charge in [-0.25, -0.2) is 0 Å². The molecule has 1 amide bonds. The molecule has 0 aliphatic carbocycles. The lowest BCUT2D eigenvalue weighted by Gasteiger charge is -2.20. The Hall–Kier alpha value is -4.19. The number of hydrogen-bond donors (Lipinski definition) is 2. The summed E-state index contributed by atoms with van der Waals surface area (Å²) >= 11 is 0. The van der Waals surface area contributed by atoms with Crippen LogP contribution in [0.5, 0.6) is 5.75 Å². The van der Waals surface area contributed by atoms with Crippen LogP contribution in [-0.2, 0) is 0 Å². The minimum atomic E-state index is -0.413. The van der Waals surface area contributed by atoms with E-state index in [2.05, 4.69) is 34.3 Å². The molecule has 6 heteroatoms. The van der Waals surface area contributed by atoms with Gasteiger partial charge in [0.2, 0.25) is 0 Å². The van der Waals surface area contributed by atoms with Gasteiger partial charge in [-0.15, -0.1) is 5.11 Å². The number of para-hydroxylation sites is 1. The summed E-state index contributed by atoms with van der Waals surface area (Å²) in [7, 11) is 0. The van der Waals surface area contributed by atoms with Crippen LogP contribution in [0, 0.1) is 0 Å². The van der Waals surface area contributed by atoms with Gasteiger partial charge < -0.3 is 15.3 Å². The fourth-order valence-electron chi connectivity index (χ4n) is 3.74. The van der Waals surface area contributed by atoms with Crippen LogP contribution in [0.15, 0.2) is 95.2 Å². The summed E-state index contributed by atoms with van der Waals surface area (Å²) in [6.45, 7) is 6.09. The van der Waals surface area contributed by atoms with E-state index in [1.54, 1.807) is 18.2 Å². The molecule has 0 saturated heterocycles. The van der Waals surface area contributed by atoms with Crippen molar-refractivity contribution in [3.63, 3.8) is 0 Å². The highest BCUT2D eigenvalue weighted by Gasteiger charge is 2.18. The molecule has 4 rings (SSSR count). The number of phenols is 1. The summed E-state index contributed by atoms with van der Waals surface area (Å²) in [6.07, 6.45) is 0. The van der Waals surface area contributed by atoms with Crippen LogP contribution in [0.4, 0.5) is 22.7 Å². The van der Waals surface area contributed by atoms with Gasteiger partial charge >= 0.3 is 0 Å². The first-order valence-electron chi connectivity index (χ1n) is 11.0. The topological polar surface area (TPSA) is 77.3 Å². The number of anilines is 2. The van der Waals surface area contributed by atoms with E-state index >= 15 is 0 Å². The van der Waals surface area contributed by atoms with Crippen molar-refractivity contribution < 1.29 is 9.90 Å². The number of hydrogen-bond acceptors (Lipinski definition) is 5. The number of carbonyl (C=O) groups is 1. The Balaban J connectivity index is 1.69. The molecule has 0 heterocycles. The van der Waals surface area contributed by atoms with E-state index in [-0.39, 0.29) is 17.0 Å². The summed E-state index contributed by atoms with van der Waals surface area (Å²) < 4.78 is 0. The number of amides is 1. The molecule has 0 spiro atoms. The van der Waals surface area contributed by atoms with Gasteiger partial charge in [-0.3, -0.25) is 4.79 Å². The van der Waals surface area contributed by atoms with Crippen molar-refractivity contribution in [1.29, 1.82) is 0 Å². The molecule has 0 aliphatic rings. The molecule has 2 N–H and O–H groups in total. The number of azo groups is 1. The Labute approximate surface area is 193 Å². The van der Waals surface area contributed by atoms with Crippen molar-refractivity contribution in [3.8, 4) is 5.75 Å². The van der Waals surface area contributed by atoms with Crippen LogP contribution >= 0.6 is 0 Å². The van der Waals surface area contributed by atoms with E-state index in [0.29, 0.717) is 11.4 Å². The fourth-order valence-corrected chi connectivity index (χ4v) is 3.74. The van der Waals surface area contributed by atoms with Gasteiger partial charge in [-0.1, -0.05) is 42.5 Å². The largest absolute Gasteiger partial charge is 0.505 e. The van der Waals surface area contributed by atoms with Gasteiger partial charge in [0, 0.05) is 29.9 Å². The highest BCUT2D eigenvalue weighted by atomic mass is 16.3. The van der Waals surface area contributed by atoms with Crippen molar-refractivity contribution in [2.75, 3.05) is 23.3 Å². The molecule has 0 radical (unpaired) electrons. The Morgan fingerprint density at radius 3 is 2.24 bits per heavy atom. The molecular formula is C27H26N4O2. The lowest BCUT2D eigenvalue weighted by atomic mass is 10.0. The molecule has 6 nitrogen and oxygen atoms in total. The zero-order chi connectivity index (χ0) is 23.2. The molecule has 4 aromatic rings. The van der Waals surface area contributed by atoms with Gasteiger partial charge in [0.1, 0.15) is 5.69 Å². The number of nitrogens with zero attached hydrogens (tertiary/aromatic N) is 3. The summed E-state index contributed by atoms with van der Waals surface area (Å²) in [5.74, 6) is -0.616. The molecule has 0 aromatic heterocycles. The molecule has 0 aliphatic heterocycles. The normalized spacial score (nSPS) is 11.1. The molecule has 0 saturated carbocycles. The van der Waals surface area contributed by atoms with Gasteiger partial charge in [0.15, 0.2) is 5.75 Å². The average Bonchev–Trinajstić information content (AvgIpc) is 2.85. The predicted octanol–water partition coefficient (Wildman–Crippen LogP) is 7.06. The molecule has 33 heavy (non-hydrogen) atoms. The lowest BCUT2D eigenvalue weighted by molar-refractivity contribution is 0.102. The van der Waals surface area contributed by atoms with E-state index in [4.69, 9.17) is 0 Å². The van der Waals surface area contributed by atoms with Crippen LogP contribution in [-0.4, -0.2) is 24.1 Å². The van der Waals surface area contributed by atoms with Crippen LogP contribution in [0.25, 0.3) is 10.8 Å². The van der Waals surface area contributed by atoms with Crippen molar-refractivity contribution in [3.05, 3.63) is 90.5 Å². The molecule has 0 bridgehead atoms. The van der Waals surface area contributed by atoms with Gasteiger partial charge in [0.25, 0.3) is 5.91 Å². The number of benzene rings is 4. The quantitative estimate of drug-likeness (QED) is 0.303. The second kappa shape index (κ2) is 9.96. The maximum absolute atomic E-state index is 12.9. The number of aromatic hydroxyl groups is 1. The molecule has 0 fully saturated rings. The van der Waals surface area contributed by atoms with E-state index in [1.165, 1.54) is 0 Å². The second-order valence-corrected chi connectivity index (χ2v) is 7.55. The van der Waals surface area contributed by atoms with Gasteiger partial charge in [-0.2, -0.15) is 5.11 Å². The van der Waals surface area contributed by atoms with Crippen molar-refractivity contribution in [2.45, 2.75) is 13.8 Å². The SMILES string of the molecule is CCN(CC)c1ccc(N=Nc2c(O)c(C(=O)Nc3ccccc3)cc3ccccc23)cc1. The van der Waals surface area contributed by atoms with E-state index in [9.17, 15) is 9.90 Å². The highest BCUT2D eigenvalue weighted by Crippen LogP contribution is 2.39. The first kappa shape index (κ1) is 22.0. The summed E-state index contributed by atoms with van der Waals surface area (Å²) in [5, 5.41) is 24.0. The maximum atomic E-state index is 12.9. The number of fused-ring (bicyclic) bond motifs is 1. The van der Waals surface area contributed by atoms with Gasteiger partial charge in [0.05, 0.1) is 11.3 Å². The zero-order valence-corrected chi connectivity index (χ0v) is 18.7. The number of phenolic OH excluding ortho intramolecular Hbond substituents is 1. The van der Waals surface area contributed by atoms with Crippen molar-refractivity contribution in [2.24, 2.45) is 10.2 Å². The van der Waals surface area contributed by atoms with Crippen LogP contribution in [0.2, 0.25) is 0 Å². The summed E-state index contributed by atoms with van der Waals surface area (Å²) in [4.78, 5) is 15.2. The van der Waals surface area contributed by atoms with E-state index in [0.717, 1.165) is 29.5 Å². The summed E-state index contributed by atoms with van der Waals surface area (Å²) in [6, 6.07) is 26.1. The molecule has 0 atom stereocenters. The third-order valence-corrected chi connectivity index (χ3v) is 5.52. The molecule has 0 unspecified atom stereocenters. The van der Waals surface area contributed by atoms with Crippen LogP contribution in [0.3, 0.4) is 0 Å². The third-order valence-electron chi connectivity index (χ3n) is 5.52. The predicted molar refractivity (Wildman–Crippen MR) is 134 cm³/mol. The van der Waals surface area contributed by atoms with E-state index in [1.807, 2.05) is 66.7 Å². The Kier molecular flexibility index (Phi) is 6.64. The fraction of sp³-hybridized carbons (Fsp3) is 0.148. The zero-order valence-electron chi connectivity index (χ0n) is 18.7. The van der Waals surface area contributed by atoms with E-state index < -0.39 is 5.91 Å². The Morgan fingerprint density at radius 2 is 1.55 bits per heavy atom. The monoisotopic (exact) mass is 438 g/mol. The maximum Gasteiger partial charge on any atom is 0.259 e. The Morgan fingerprint density at radius 1 is 0.879 bits per heavy atom. The Bertz CT molecular complexity index is 1280. The number of rotatable bonds is 7. The minimum absolute atomic E-state index is 0.142. The molecular weight excluding hydrogens is 412 g/mol. The first-order chi connectivity index (χ1) is 16.1. The summed E-state index contributed by atoms with van der Waals surface area (Å²) in [5.41, 5.74) is 2.83. The average molecular weight is 439 g/mol. The van der Waals surface area contributed by atoms with Crippen molar-refractivity contribution >= 4 is 39.4 Å². The number of carbonyl (C=O) groups excluding carboxylic acids is 1. The number of nitrogens with one attached hydrogen (secondary N) is 1. The minimum Gasteiger partial charge on any atom is -0.505 e. The van der Waals surface area contributed by atoms with Gasteiger partial charge in [-0.05, 0) is 61.7 Å². The van der Waals surface area contributed by atoms with Crippen molar-refractivity contribution in [1.82, 2.24) is 0 Å². The smallest absolute Gasteiger partial charge is 0.259 e. The lowest BCUT2D eigenvalue weighted by Crippen LogP contribution is -2.21. The first-order valence-corrected chi connectivity index (χ1v) is 11.0. The highest BCUT2D eigenvalue weighted by molar-refractivity contribution is 6.11. The van der Waals surface area contributed by atoms with Crippen LogP contribution < -0.4 is 10.2 Å². The molecule has 4 aromatic carbocycles. The standard InChI is InChI=1S/C27H26N4O2/c1-3-31(4-2)22-16-14-21(15-17-22)29-30-25-23-13-9-8-10-19(23)18-24(26(25)32)27(33)28-20-11-6-5-7-12-20/h5-18,32H,3-4H2,1-2H3,(H,28,33). The van der Waals surface area contributed by atoms with Crippen LogP contribution in [0.1, 0.15) is 24.2 Å². The third kappa shape index (κ3) is 4.85. The molecule has 166 valence electrons. The second-order valence-electron chi connectivity index (χ2n) is 7.55.